The number of hydrogen-bond acceptors (Lipinski definition) is 3. The van der Waals surface area contributed by atoms with Gasteiger partial charge in [0, 0.05) is 17.8 Å². The molecule has 1 amide bonds. The van der Waals surface area contributed by atoms with Crippen molar-refractivity contribution in [2.45, 2.75) is 13.5 Å². The number of halogens is 1. The minimum absolute atomic E-state index is 0.229. The molecule has 4 nitrogen and oxygen atoms in total. The average Bonchev–Trinajstić information content (AvgIpc) is 2.47. The predicted molar refractivity (Wildman–Crippen MR) is 84.8 cm³/mol. The first-order valence-corrected chi connectivity index (χ1v) is 6.86. The van der Waals surface area contributed by atoms with Crippen molar-refractivity contribution in [3.63, 3.8) is 0 Å². The average molecular weight is 305 g/mol. The van der Waals surface area contributed by atoms with Crippen LogP contribution in [0.5, 0.6) is 5.75 Å². The number of carbonyl (C=O) groups is 1. The predicted octanol–water partition coefficient (Wildman–Crippen LogP) is 3.17. The van der Waals surface area contributed by atoms with Crippen LogP contribution in [-0.2, 0) is 6.54 Å². The van der Waals surface area contributed by atoms with Crippen LogP contribution >= 0.6 is 11.6 Å². The van der Waals surface area contributed by atoms with Gasteiger partial charge in [0.05, 0.1) is 17.7 Å². The Hall–Kier alpha value is -2.20. The summed E-state index contributed by atoms with van der Waals surface area (Å²) in [5, 5.41) is 3.29. The van der Waals surface area contributed by atoms with Gasteiger partial charge in [-0.25, -0.2) is 0 Å². The second-order valence-corrected chi connectivity index (χ2v) is 5.07. The minimum atomic E-state index is -0.229. The highest BCUT2D eigenvalue weighted by Crippen LogP contribution is 2.22. The number of benzene rings is 2. The Morgan fingerprint density at radius 3 is 2.81 bits per heavy atom. The highest BCUT2D eigenvalue weighted by molar-refractivity contribution is 6.34. The fourth-order valence-corrected chi connectivity index (χ4v) is 2.24. The molecule has 0 atom stereocenters. The van der Waals surface area contributed by atoms with Crippen LogP contribution < -0.4 is 15.8 Å². The van der Waals surface area contributed by atoms with Crippen molar-refractivity contribution in [1.29, 1.82) is 0 Å². The first-order chi connectivity index (χ1) is 10.0. The van der Waals surface area contributed by atoms with Crippen molar-refractivity contribution in [3.8, 4) is 5.75 Å². The van der Waals surface area contributed by atoms with Gasteiger partial charge in [0.1, 0.15) is 5.75 Å². The van der Waals surface area contributed by atoms with Gasteiger partial charge < -0.3 is 15.8 Å². The number of nitrogens with one attached hydrogen (secondary N) is 1. The molecule has 0 heterocycles. The summed E-state index contributed by atoms with van der Waals surface area (Å²) in [4.78, 5) is 12.2. The SMILES string of the molecule is COc1ccc(N)cc1CNC(=O)c1cccc(C)c1Cl. The highest BCUT2D eigenvalue weighted by Gasteiger charge is 2.12. The van der Waals surface area contributed by atoms with Crippen LogP contribution in [0.4, 0.5) is 5.69 Å². The van der Waals surface area contributed by atoms with Gasteiger partial charge in [0.25, 0.3) is 5.91 Å². The topological polar surface area (TPSA) is 64.3 Å². The van der Waals surface area contributed by atoms with E-state index >= 15 is 0 Å². The van der Waals surface area contributed by atoms with Gasteiger partial charge in [0.15, 0.2) is 0 Å². The normalized spacial score (nSPS) is 10.2. The lowest BCUT2D eigenvalue weighted by Gasteiger charge is -2.11. The van der Waals surface area contributed by atoms with E-state index in [2.05, 4.69) is 5.32 Å². The molecule has 110 valence electrons. The van der Waals surface area contributed by atoms with Crippen LogP contribution in [0.2, 0.25) is 5.02 Å². The van der Waals surface area contributed by atoms with Crippen LogP contribution in [-0.4, -0.2) is 13.0 Å². The molecule has 0 saturated carbocycles. The molecule has 0 radical (unpaired) electrons. The number of hydrogen-bond donors (Lipinski definition) is 2. The van der Waals surface area contributed by atoms with E-state index in [-0.39, 0.29) is 5.91 Å². The Morgan fingerprint density at radius 2 is 2.10 bits per heavy atom. The van der Waals surface area contributed by atoms with Crippen molar-refractivity contribution >= 4 is 23.2 Å². The van der Waals surface area contributed by atoms with Gasteiger partial charge in [0.2, 0.25) is 0 Å². The zero-order valence-electron chi connectivity index (χ0n) is 11.9. The second-order valence-electron chi connectivity index (χ2n) is 4.69. The van der Waals surface area contributed by atoms with E-state index in [0.29, 0.717) is 28.6 Å². The number of ether oxygens (including phenoxy) is 1. The highest BCUT2D eigenvalue weighted by atomic mass is 35.5. The smallest absolute Gasteiger partial charge is 0.253 e. The van der Waals surface area contributed by atoms with E-state index in [4.69, 9.17) is 22.1 Å². The molecule has 0 bridgehead atoms. The van der Waals surface area contributed by atoms with E-state index in [0.717, 1.165) is 11.1 Å². The molecule has 0 saturated heterocycles. The molecule has 3 N–H and O–H groups in total. The molecule has 5 heteroatoms. The van der Waals surface area contributed by atoms with Gasteiger partial charge in [-0.05, 0) is 36.8 Å². The summed E-state index contributed by atoms with van der Waals surface area (Å²) in [6.07, 6.45) is 0. The molecule has 0 aromatic heterocycles. The van der Waals surface area contributed by atoms with Crippen molar-refractivity contribution in [1.82, 2.24) is 5.32 Å². The summed E-state index contributed by atoms with van der Waals surface area (Å²) in [6, 6.07) is 10.7. The summed E-state index contributed by atoms with van der Waals surface area (Å²) >= 11 is 6.15. The summed E-state index contributed by atoms with van der Waals surface area (Å²) in [5.74, 6) is 0.452. The molecular formula is C16H17ClN2O2. The van der Waals surface area contributed by atoms with Gasteiger partial charge in [-0.2, -0.15) is 0 Å². The van der Waals surface area contributed by atoms with Crippen LogP contribution in [0.1, 0.15) is 21.5 Å². The molecule has 2 aromatic carbocycles. The lowest BCUT2D eigenvalue weighted by Crippen LogP contribution is -2.23. The van der Waals surface area contributed by atoms with Crippen LogP contribution in [0, 0.1) is 6.92 Å². The van der Waals surface area contributed by atoms with Gasteiger partial charge >= 0.3 is 0 Å². The Balaban J connectivity index is 2.15. The van der Waals surface area contributed by atoms with E-state index < -0.39 is 0 Å². The summed E-state index contributed by atoms with van der Waals surface area (Å²) < 4.78 is 5.25. The summed E-state index contributed by atoms with van der Waals surface area (Å²) in [7, 11) is 1.58. The second kappa shape index (κ2) is 6.50. The number of amides is 1. The lowest BCUT2D eigenvalue weighted by atomic mass is 10.1. The Bertz CT molecular complexity index is 671. The largest absolute Gasteiger partial charge is 0.496 e. The van der Waals surface area contributed by atoms with Crippen LogP contribution in [0.25, 0.3) is 0 Å². The molecule has 0 fully saturated rings. The van der Waals surface area contributed by atoms with Crippen LogP contribution in [0.15, 0.2) is 36.4 Å². The van der Waals surface area contributed by atoms with Gasteiger partial charge in [-0.1, -0.05) is 23.7 Å². The summed E-state index contributed by atoms with van der Waals surface area (Å²) in [5.41, 5.74) is 8.51. The van der Waals surface area contributed by atoms with Crippen molar-refractivity contribution < 1.29 is 9.53 Å². The number of methoxy groups -OCH3 is 1. The standard InChI is InChI=1S/C16H17ClN2O2/c1-10-4-3-5-13(15(10)17)16(20)19-9-11-8-12(18)6-7-14(11)21-2/h3-8H,9,18H2,1-2H3,(H,19,20). The van der Waals surface area contributed by atoms with E-state index in [1.54, 1.807) is 37.4 Å². The number of nitrogens with two attached hydrogens (primary N) is 1. The third-order valence-electron chi connectivity index (χ3n) is 3.18. The van der Waals surface area contributed by atoms with Crippen molar-refractivity contribution in [2.24, 2.45) is 0 Å². The molecule has 2 rings (SSSR count). The van der Waals surface area contributed by atoms with Crippen molar-refractivity contribution in [3.05, 3.63) is 58.1 Å². The summed E-state index contributed by atoms with van der Waals surface area (Å²) in [6.45, 7) is 2.18. The molecule has 0 aliphatic heterocycles. The first-order valence-electron chi connectivity index (χ1n) is 6.48. The Morgan fingerprint density at radius 1 is 1.33 bits per heavy atom. The maximum Gasteiger partial charge on any atom is 0.253 e. The maximum absolute atomic E-state index is 12.2. The number of anilines is 1. The van der Waals surface area contributed by atoms with Gasteiger partial charge in [-0.3, -0.25) is 4.79 Å². The van der Waals surface area contributed by atoms with Gasteiger partial charge in [-0.15, -0.1) is 0 Å². The van der Waals surface area contributed by atoms with E-state index in [1.807, 2.05) is 13.0 Å². The number of nitrogen functional groups attached to an aromatic ring is 1. The first kappa shape index (κ1) is 15.2. The fraction of sp³-hybridized carbons (Fsp3) is 0.188. The monoisotopic (exact) mass is 304 g/mol. The molecule has 2 aromatic rings. The maximum atomic E-state index is 12.2. The molecule has 0 aliphatic carbocycles. The third kappa shape index (κ3) is 3.47. The molecule has 0 aliphatic rings. The third-order valence-corrected chi connectivity index (χ3v) is 3.68. The number of aryl methyl sites for hydroxylation is 1. The lowest BCUT2D eigenvalue weighted by molar-refractivity contribution is 0.0950. The zero-order valence-corrected chi connectivity index (χ0v) is 12.7. The van der Waals surface area contributed by atoms with E-state index in [1.165, 1.54) is 0 Å². The van der Waals surface area contributed by atoms with Crippen molar-refractivity contribution in [2.75, 3.05) is 12.8 Å². The molecule has 21 heavy (non-hydrogen) atoms. The quantitative estimate of drug-likeness (QED) is 0.853. The molecular weight excluding hydrogens is 288 g/mol. The Kier molecular flexibility index (Phi) is 4.70. The number of carbonyl (C=O) groups excluding carboxylic acids is 1. The zero-order chi connectivity index (χ0) is 15.4. The molecule has 0 unspecified atom stereocenters. The number of rotatable bonds is 4. The molecule has 0 spiro atoms. The Labute approximate surface area is 128 Å². The minimum Gasteiger partial charge on any atom is -0.496 e. The van der Waals surface area contributed by atoms with Crippen LogP contribution in [0.3, 0.4) is 0 Å². The van der Waals surface area contributed by atoms with E-state index in [9.17, 15) is 4.79 Å². The fourth-order valence-electron chi connectivity index (χ4n) is 2.03.